The van der Waals surface area contributed by atoms with Gasteiger partial charge in [0.05, 0.1) is 4.92 Å². The van der Waals surface area contributed by atoms with Gasteiger partial charge >= 0.3 is 0 Å². The van der Waals surface area contributed by atoms with Gasteiger partial charge in [0.15, 0.2) is 6.61 Å². The molecule has 0 aliphatic carbocycles. The predicted molar refractivity (Wildman–Crippen MR) is 93.7 cm³/mol. The first-order chi connectivity index (χ1) is 12.9. The second-order valence-corrected chi connectivity index (χ2v) is 6.00. The van der Waals surface area contributed by atoms with E-state index in [1.807, 2.05) is 0 Å². The number of carbonyl (C=O) groups is 1. The number of hydrogen-bond donors (Lipinski definition) is 0. The molecule has 1 fully saturated rings. The molecule has 27 heavy (non-hydrogen) atoms. The number of ether oxygens (including phenoxy) is 1. The highest BCUT2D eigenvalue weighted by atomic mass is 19.1. The third kappa shape index (κ3) is 4.49. The standard InChI is InChI=1S/C18H17F2N3O4/c19-13-1-4-15(5-2-13)27-12-18(24)22-9-7-21(8-10-22)17-11-14(20)3-6-16(17)23(25)26/h1-6,11H,7-10,12H2. The highest BCUT2D eigenvalue weighted by Crippen LogP contribution is 2.29. The van der Waals surface area contributed by atoms with Crippen molar-refractivity contribution in [1.29, 1.82) is 0 Å². The van der Waals surface area contributed by atoms with Gasteiger partial charge in [0.1, 0.15) is 23.1 Å². The Hall–Kier alpha value is -3.23. The number of piperazine rings is 1. The van der Waals surface area contributed by atoms with Crippen LogP contribution in [-0.2, 0) is 4.79 Å². The number of anilines is 1. The largest absolute Gasteiger partial charge is 0.484 e. The molecule has 0 radical (unpaired) electrons. The predicted octanol–water partition coefficient (Wildman–Crippen LogP) is 2.60. The fraction of sp³-hybridized carbons (Fsp3) is 0.278. The molecule has 0 bridgehead atoms. The SMILES string of the molecule is O=C(COc1ccc(F)cc1)N1CCN(c2cc(F)ccc2[N+](=O)[O-])CC1. The summed E-state index contributed by atoms with van der Waals surface area (Å²) in [6.07, 6.45) is 0. The maximum absolute atomic E-state index is 13.5. The van der Waals surface area contributed by atoms with Crippen LogP contribution in [0, 0.1) is 21.7 Å². The maximum Gasteiger partial charge on any atom is 0.292 e. The lowest BCUT2D eigenvalue weighted by molar-refractivity contribution is -0.384. The summed E-state index contributed by atoms with van der Waals surface area (Å²) in [5.41, 5.74) is 0.0329. The normalized spacial score (nSPS) is 14.1. The zero-order valence-corrected chi connectivity index (χ0v) is 14.3. The number of rotatable bonds is 5. The second kappa shape index (κ2) is 7.98. The lowest BCUT2D eigenvalue weighted by Crippen LogP contribution is -2.50. The van der Waals surface area contributed by atoms with Gasteiger partial charge in [-0.15, -0.1) is 0 Å². The molecule has 2 aromatic rings. The first-order valence-corrected chi connectivity index (χ1v) is 8.29. The summed E-state index contributed by atoms with van der Waals surface area (Å²) in [5, 5.41) is 11.1. The zero-order chi connectivity index (χ0) is 19.4. The summed E-state index contributed by atoms with van der Waals surface area (Å²) >= 11 is 0. The van der Waals surface area contributed by atoms with Crippen molar-refractivity contribution < 1.29 is 23.2 Å². The van der Waals surface area contributed by atoms with Crippen LogP contribution in [0.25, 0.3) is 0 Å². The van der Waals surface area contributed by atoms with E-state index in [-0.39, 0.29) is 23.9 Å². The summed E-state index contributed by atoms with van der Waals surface area (Å²) in [7, 11) is 0. The molecule has 9 heteroatoms. The summed E-state index contributed by atoms with van der Waals surface area (Å²) in [5.74, 6) is -0.801. The van der Waals surface area contributed by atoms with Gasteiger partial charge in [-0.2, -0.15) is 0 Å². The van der Waals surface area contributed by atoms with Crippen molar-refractivity contribution in [3.8, 4) is 5.75 Å². The Labute approximate surface area is 153 Å². The van der Waals surface area contributed by atoms with Gasteiger partial charge in [-0.25, -0.2) is 8.78 Å². The number of halogens is 2. The van der Waals surface area contributed by atoms with Crippen LogP contribution in [0.3, 0.4) is 0 Å². The first-order valence-electron chi connectivity index (χ1n) is 8.29. The van der Waals surface area contributed by atoms with Gasteiger partial charge in [0.25, 0.3) is 11.6 Å². The van der Waals surface area contributed by atoms with E-state index in [1.54, 1.807) is 9.80 Å². The summed E-state index contributed by atoms with van der Waals surface area (Å²) in [6, 6.07) is 8.67. The van der Waals surface area contributed by atoms with Crippen molar-refractivity contribution in [3.05, 3.63) is 64.2 Å². The highest BCUT2D eigenvalue weighted by molar-refractivity contribution is 5.78. The minimum absolute atomic E-state index is 0.171. The van der Waals surface area contributed by atoms with E-state index in [0.29, 0.717) is 31.9 Å². The van der Waals surface area contributed by atoms with Crippen LogP contribution < -0.4 is 9.64 Å². The maximum atomic E-state index is 13.5. The molecular formula is C18H17F2N3O4. The molecule has 0 atom stereocenters. The second-order valence-electron chi connectivity index (χ2n) is 6.00. The van der Waals surface area contributed by atoms with Crippen LogP contribution >= 0.6 is 0 Å². The minimum Gasteiger partial charge on any atom is -0.484 e. The number of benzene rings is 2. The molecule has 1 amide bonds. The average molecular weight is 377 g/mol. The molecule has 1 aliphatic heterocycles. The van der Waals surface area contributed by atoms with Gasteiger partial charge in [-0.3, -0.25) is 14.9 Å². The minimum atomic E-state index is -0.554. The van der Waals surface area contributed by atoms with Crippen LogP contribution in [0.1, 0.15) is 0 Å². The number of hydrogen-bond acceptors (Lipinski definition) is 5. The molecule has 0 N–H and O–H groups in total. The number of carbonyl (C=O) groups excluding carboxylic acids is 1. The van der Waals surface area contributed by atoms with Gasteiger partial charge < -0.3 is 14.5 Å². The Morgan fingerprint density at radius 2 is 1.67 bits per heavy atom. The number of nitrogens with zero attached hydrogens (tertiary/aromatic N) is 3. The molecule has 2 aromatic carbocycles. The Morgan fingerprint density at radius 1 is 1.04 bits per heavy atom. The third-order valence-electron chi connectivity index (χ3n) is 4.28. The average Bonchev–Trinajstić information content (AvgIpc) is 2.67. The van der Waals surface area contributed by atoms with Crippen LogP contribution in [0.5, 0.6) is 5.75 Å². The number of nitro groups is 1. The van der Waals surface area contributed by atoms with Crippen molar-refractivity contribution in [3.63, 3.8) is 0 Å². The van der Waals surface area contributed by atoms with Crippen LogP contribution in [0.4, 0.5) is 20.2 Å². The van der Waals surface area contributed by atoms with E-state index in [4.69, 9.17) is 4.74 Å². The number of nitro benzene ring substituents is 1. The Kier molecular flexibility index (Phi) is 5.49. The number of amides is 1. The fourth-order valence-corrected chi connectivity index (χ4v) is 2.87. The smallest absolute Gasteiger partial charge is 0.292 e. The highest BCUT2D eigenvalue weighted by Gasteiger charge is 2.26. The molecule has 142 valence electrons. The van der Waals surface area contributed by atoms with Crippen LogP contribution in [0.15, 0.2) is 42.5 Å². The molecule has 3 rings (SSSR count). The van der Waals surface area contributed by atoms with Crippen molar-refractivity contribution in [2.45, 2.75) is 0 Å². The lowest BCUT2D eigenvalue weighted by atomic mass is 10.2. The molecule has 0 saturated carbocycles. The van der Waals surface area contributed by atoms with E-state index >= 15 is 0 Å². The molecule has 1 aliphatic rings. The van der Waals surface area contributed by atoms with Gasteiger partial charge in [0.2, 0.25) is 0 Å². The molecule has 7 nitrogen and oxygen atoms in total. The van der Waals surface area contributed by atoms with E-state index < -0.39 is 16.6 Å². The fourth-order valence-electron chi connectivity index (χ4n) is 2.87. The summed E-state index contributed by atoms with van der Waals surface area (Å²) in [4.78, 5) is 26.1. The molecule has 1 heterocycles. The summed E-state index contributed by atoms with van der Waals surface area (Å²) < 4.78 is 31.7. The Morgan fingerprint density at radius 3 is 2.30 bits per heavy atom. The molecule has 1 saturated heterocycles. The lowest BCUT2D eigenvalue weighted by Gasteiger charge is -2.35. The molecule has 0 spiro atoms. The van der Waals surface area contributed by atoms with Gasteiger partial charge in [-0.1, -0.05) is 0 Å². The van der Waals surface area contributed by atoms with Crippen molar-refractivity contribution in [2.24, 2.45) is 0 Å². The van der Waals surface area contributed by atoms with E-state index in [2.05, 4.69) is 0 Å². The third-order valence-corrected chi connectivity index (χ3v) is 4.28. The van der Waals surface area contributed by atoms with Crippen molar-refractivity contribution >= 4 is 17.3 Å². The summed E-state index contributed by atoms with van der Waals surface area (Å²) in [6.45, 7) is 1.16. The van der Waals surface area contributed by atoms with Crippen molar-refractivity contribution in [1.82, 2.24) is 4.90 Å². The molecule has 0 unspecified atom stereocenters. The molecule has 0 aromatic heterocycles. The van der Waals surface area contributed by atoms with E-state index in [9.17, 15) is 23.7 Å². The van der Waals surface area contributed by atoms with Crippen LogP contribution in [-0.4, -0.2) is 48.5 Å². The Bertz CT molecular complexity index is 837. The monoisotopic (exact) mass is 377 g/mol. The van der Waals surface area contributed by atoms with Crippen molar-refractivity contribution in [2.75, 3.05) is 37.7 Å². The first kappa shape index (κ1) is 18.6. The quantitative estimate of drug-likeness (QED) is 0.591. The van der Waals surface area contributed by atoms with E-state index in [0.717, 1.165) is 18.2 Å². The molecular weight excluding hydrogens is 360 g/mol. The Balaban J connectivity index is 1.57. The van der Waals surface area contributed by atoms with Crippen LogP contribution in [0.2, 0.25) is 0 Å². The topological polar surface area (TPSA) is 75.9 Å². The van der Waals surface area contributed by atoms with Gasteiger partial charge in [-0.05, 0) is 30.3 Å². The van der Waals surface area contributed by atoms with E-state index in [1.165, 1.54) is 24.3 Å². The zero-order valence-electron chi connectivity index (χ0n) is 14.3. The van der Waals surface area contributed by atoms with Gasteiger partial charge in [0, 0.05) is 38.3 Å².